The molecule has 0 unspecified atom stereocenters. The van der Waals surface area contributed by atoms with Gasteiger partial charge in [-0.2, -0.15) is 0 Å². The van der Waals surface area contributed by atoms with E-state index in [0.29, 0.717) is 17.0 Å². The van der Waals surface area contributed by atoms with E-state index in [9.17, 15) is 22.4 Å². The zero-order valence-electron chi connectivity index (χ0n) is 25.7. The second-order valence-corrected chi connectivity index (χ2v) is 12.5. The van der Waals surface area contributed by atoms with Crippen LogP contribution >= 0.6 is 0 Å². The number of nitrogens with one attached hydrogen (secondary N) is 1. The van der Waals surface area contributed by atoms with Crippen molar-refractivity contribution in [1.82, 2.24) is 10.2 Å². The van der Waals surface area contributed by atoms with Crippen LogP contribution in [0.25, 0.3) is 0 Å². The first-order valence-electron chi connectivity index (χ1n) is 14.0. The average Bonchev–Trinajstić information content (AvgIpc) is 2.95. The SMILES string of the molecule is CC[C@@H](C(=O)NC(C)C)N(Cc1ccc(F)cc1)C(=O)CN(c1cc(C)cc(C)c1)S(=O)(=O)c1ccc(OC)c(OC)c1. The molecule has 0 aliphatic carbocycles. The lowest BCUT2D eigenvalue weighted by Crippen LogP contribution is -2.53. The van der Waals surface area contributed by atoms with Crippen molar-refractivity contribution in [1.29, 1.82) is 0 Å². The van der Waals surface area contributed by atoms with Crippen LogP contribution in [0.5, 0.6) is 11.5 Å². The third-order valence-corrected chi connectivity index (χ3v) is 8.57. The third kappa shape index (κ3) is 8.25. The molecule has 0 bridgehead atoms. The van der Waals surface area contributed by atoms with Gasteiger partial charge in [-0.25, -0.2) is 12.8 Å². The summed E-state index contributed by atoms with van der Waals surface area (Å²) in [6.45, 7) is 8.46. The van der Waals surface area contributed by atoms with E-state index in [0.717, 1.165) is 15.4 Å². The standard InChI is InChI=1S/C32H40FN3O6S/c1-8-28(32(38)34-21(2)3)35(19-24-9-11-25(33)12-10-24)31(37)20-36(26-16-22(4)15-23(5)17-26)43(39,40)27-13-14-29(41-6)30(18-27)42-7/h9-18,21,28H,8,19-20H2,1-7H3,(H,34,38)/t28-/m0/s1. The van der Waals surface area contributed by atoms with Gasteiger partial charge in [-0.1, -0.05) is 25.1 Å². The lowest BCUT2D eigenvalue weighted by atomic mass is 10.1. The van der Waals surface area contributed by atoms with Crippen molar-refractivity contribution < 1.29 is 31.9 Å². The molecule has 3 rings (SSSR count). The minimum atomic E-state index is -4.32. The maximum absolute atomic E-state index is 14.2. The summed E-state index contributed by atoms with van der Waals surface area (Å²) in [5, 5.41) is 2.85. The number of carbonyl (C=O) groups is 2. The topological polar surface area (TPSA) is 105 Å². The molecule has 3 aromatic rings. The molecular weight excluding hydrogens is 573 g/mol. The monoisotopic (exact) mass is 613 g/mol. The number of rotatable bonds is 13. The van der Waals surface area contributed by atoms with Crippen LogP contribution in [-0.2, 0) is 26.2 Å². The normalized spacial score (nSPS) is 12.0. The lowest BCUT2D eigenvalue weighted by molar-refractivity contribution is -0.140. The Kier molecular flexibility index (Phi) is 11.2. The van der Waals surface area contributed by atoms with E-state index in [-0.39, 0.29) is 35.6 Å². The number of ether oxygens (including phenoxy) is 2. The Labute approximate surface area is 253 Å². The van der Waals surface area contributed by atoms with E-state index in [2.05, 4.69) is 5.32 Å². The second kappa shape index (κ2) is 14.4. The maximum Gasteiger partial charge on any atom is 0.264 e. The van der Waals surface area contributed by atoms with Gasteiger partial charge in [0.1, 0.15) is 18.4 Å². The molecule has 0 fully saturated rings. The highest BCUT2D eigenvalue weighted by Gasteiger charge is 2.34. The number of nitrogens with zero attached hydrogens (tertiary/aromatic N) is 2. The van der Waals surface area contributed by atoms with E-state index in [1.807, 2.05) is 33.8 Å². The largest absolute Gasteiger partial charge is 0.493 e. The van der Waals surface area contributed by atoms with Crippen molar-refractivity contribution >= 4 is 27.5 Å². The van der Waals surface area contributed by atoms with Crippen LogP contribution in [0.1, 0.15) is 43.9 Å². The predicted octanol–water partition coefficient (Wildman–Crippen LogP) is 4.99. The van der Waals surface area contributed by atoms with Gasteiger partial charge in [0.2, 0.25) is 11.8 Å². The van der Waals surface area contributed by atoms with Crippen LogP contribution < -0.4 is 19.1 Å². The summed E-state index contributed by atoms with van der Waals surface area (Å²) < 4.78 is 53.8. The molecule has 11 heteroatoms. The van der Waals surface area contributed by atoms with Crippen molar-refractivity contribution in [2.24, 2.45) is 0 Å². The highest BCUT2D eigenvalue weighted by molar-refractivity contribution is 7.92. The molecule has 232 valence electrons. The number of methoxy groups -OCH3 is 2. The van der Waals surface area contributed by atoms with Gasteiger partial charge in [-0.15, -0.1) is 0 Å². The molecule has 1 atom stereocenters. The predicted molar refractivity (Wildman–Crippen MR) is 164 cm³/mol. The molecule has 0 saturated carbocycles. The molecule has 0 radical (unpaired) electrons. The highest BCUT2D eigenvalue weighted by atomic mass is 32.2. The van der Waals surface area contributed by atoms with Gasteiger partial charge in [0.05, 0.1) is 24.8 Å². The van der Waals surface area contributed by atoms with Gasteiger partial charge in [-0.3, -0.25) is 13.9 Å². The summed E-state index contributed by atoms with van der Waals surface area (Å²) >= 11 is 0. The fourth-order valence-electron chi connectivity index (χ4n) is 4.81. The minimum absolute atomic E-state index is 0.0276. The van der Waals surface area contributed by atoms with E-state index in [1.165, 1.54) is 61.6 Å². The number of hydrogen-bond donors (Lipinski definition) is 1. The van der Waals surface area contributed by atoms with Crippen molar-refractivity contribution in [3.8, 4) is 11.5 Å². The minimum Gasteiger partial charge on any atom is -0.493 e. The van der Waals surface area contributed by atoms with Crippen molar-refractivity contribution in [2.75, 3.05) is 25.1 Å². The zero-order chi connectivity index (χ0) is 31.9. The van der Waals surface area contributed by atoms with E-state index in [1.54, 1.807) is 19.1 Å². The number of aryl methyl sites for hydroxylation is 2. The molecule has 0 heterocycles. The quantitative estimate of drug-likeness (QED) is 0.291. The highest BCUT2D eigenvalue weighted by Crippen LogP contribution is 2.33. The molecule has 3 aromatic carbocycles. The second-order valence-electron chi connectivity index (χ2n) is 10.6. The number of amides is 2. The maximum atomic E-state index is 14.2. The Bertz CT molecular complexity index is 1520. The number of halogens is 1. The molecule has 1 N–H and O–H groups in total. The number of anilines is 1. The Hall–Kier alpha value is -4.12. The summed E-state index contributed by atoms with van der Waals surface area (Å²) in [6.07, 6.45) is 0.275. The molecule has 0 aromatic heterocycles. The number of benzene rings is 3. The summed E-state index contributed by atoms with van der Waals surface area (Å²) in [5.74, 6) is -0.840. The van der Waals surface area contributed by atoms with E-state index in [4.69, 9.17) is 9.47 Å². The van der Waals surface area contributed by atoms with Gasteiger partial charge < -0.3 is 19.7 Å². The Morgan fingerprint density at radius 3 is 2.05 bits per heavy atom. The van der Waals surface area contributed by atoms with Crippen molar-refractivity contribution in [3.63, 3.8) is 0 Å². The first-order valence-corrected chi connectivity index (χ1v) is 15.4. The first kappa shape index (κ1) is 33.4. The molecule has 2 amide bonds. The van der Waals surface area contributed by atoms with Crippen LogP contribution in [-0.4, -0.2) is 58.0 Å². The zero-order valence-corrected chi connectivity index (χ0v) is 26.5. The van der Waals surface area contributed by atoms with Crippen LogP contribution in [0.2, 0.25) is 0 Å². The number of sulfonamides is 1. The Balaban J connectivity index is 2.13. The molecule has 0 aliphatic heterocycles. The van der Waals surface area contributed by atoms with Crippen LogP contribution in [0.15, 0.2) is 65.6 Å². The summed E-state index contributed by atoms with van der Waals surface area (Å²) in [6, 6.07) is 14.0. The first-order chi connectivity index (χ1) is 20.3. The van der Waals surface area contributed by atoms with Crippen molar-refractivity contribution in [3.05, 3.63) is 83.2 Å². The fraction of sp³-hybridized carbons (Fsp3) is 0.375. The third-order valence-electron chi connectivity index (χ3n) is 6.80. The Morgan fingerprint density at radius 1 is 0.907 bits per heavy atom. The van der Waals surface area contributed by atoms with Crippen LogP contribution in [0.3, 0.4) is 0 Å². The fourth-order valence-corrected chi connectivity index (χ4v) is 6.23. The molecular formula is C32H40FN3O6S. The summed E-state index contributed by atoms with van der Waals surface area (Å²) in [5.41, 5.74) is 2.50. The Morgan fingerprint density at radius 2 is 1.51 bits per heavy atom. The van der Waals surface area contributed by atoms with Gasteiger partial charge in [0, 0.05) is 18.7 Å². The summed E-state index contributed by atoms with van der Waals surface area (Å²) in [4.78, 5) is 28.7. The van der Waals surface area contributed by atoms with Gasteiger partial charge in [0.15, 0.2) is 11.5 Å². The summed E-state index contributed by atoms with van der Waals surface area (Å²) in [7, 11) is -1.47. The molecule has 43 heavy (non-hydrogen) atoms. The van der Waals surface area contributed by atoms with Gasteiger partial charge in [-0.05, 0) is 87.2 Å². The van der Waals surface area contributed by atoms with Gasteiger partial charge >= 0.3 is 0 Å². The van der Waals surface area contributed by atoms with Crippen molar-refractivity contribution in [2.45, 2.75) is 64.6 Å². The number of carbonyl (C=O) groups excluding carboxylic acids is 2. The van der Waals surface area contributed by atoms with Gasteiger partial charge in [0.25, 0.3) is 10.0 Å². The van der Waals surface area contributed by atoms with Crippen LogP contribution in [0.4, 0.5) is 10.1 Å². The average molecular weight is 614 g/mol. The van der Waals surface area contributed by atoms with E-state index < -0.39 is 34.3 Å². The molecule has 0 saturated heterocycles. The number of hydrogen-bond acceptors (Lipinski definition) is 6. The molecule has 0 aliphatic rings. The molecule has 0 spiro atoms. The van der Waals surface area contributed by atoms with Crippen LogP contribution in [0, 0.1) is 19.7 Å². The van der Waals surface area contributed by atoms with E-state index >= 15 is 0 Å². The smallest absolute Gasteiger partial charge is 0.264 e. The lowest BCUT2D eigenvalue weighted by Gasteiger charge is -2.33. The molecule has 9 nitrogen and oxygen atoms in total.